The molecule has 3 aromatic carbocycles. The number of nitrogens with zero attached hydrogens (tertiary/aromatic N) is 1. The van der Waals surface area contributed by atoms with E-state index in [0.29, 0.717) is 41.7 Å². The summed E-state index contributed by atoms with van der Waals surface area (Å²) in [6, 6.07) is 20.9. The number of carbonyl (C=O) groups is 1. The van der Waals surface area contributed by atoms with Crippen molar-refractivity contribution >= 4 is 11.5 Å². The van der Waals surface area contributed by atoms with E-state index < -0.39 is 0 Å². The van der Waals surface area contributed by atoms with Gasteiger partial charge < -0.3 is 14.2 Å². The molecule has 0 aromatic heterocycles. The molecule has 4 rings (SSSR count). The first-order chi connectivity index (χ1) is 14.7. The van der Waals surface area contributed by atoms with Crippen molar-refractivity contribution < 1.29 is 19.0 Å². The molecule has 0 spiro atoms. The second-order valence-electron chi connectivity index (χ2n) is 6.97. The molecule has 5 nitrogen and oxygen atoms in total. The summed E-state index contributed by atoms with van der Waals surface area (Å²) < 4.78 is 16.6. The summed E-state index contributed by atoms with van der Waals surface area (Å²) in [6.07, 6.45) is 0.763. The fourth-order valence-corrected chi connectivity index (χ4v) is 3.50. The molecule has 0 fully saturated rings. The SMILES string of the molecule is COc1cc2c(cc1OC)C(C(=O)c1ccc(OCc3ccccc3)cc1)=NCC2. The average molecular weight is 401 g/mol. The van der Waals surface area contributed by atoms with E-state index in [0.717, 1.165) is 23.1 Å². The Morgan fingerprint density at radius 2 is 1.63 bits per heavy atom. The Morgan fingerprint density at radius 1 is 0.933 bits per heavy atom. The van der Waals surface area contributed by atoms with Crippen molar-refractivity contribution in [2.45, 2.75) is 13.0 Å². The molecule has 0 saturated heterocycles. The topological polar surface area (TPSA) is 57.1 Å². The molecule has 0 unspecified atom stereocenters. The molecular formula is C25H23NO4. The minimum Gasteiger partial charge on any atom is -0.493 e. The Balaban J connectivity index is 1.53. The predicted molar refractivity (Wildman–Crippen MR) is 116 cm³/mol. The molecule has 0 radical (unpaired) electrons. The van der Waals surface area contributed by atoms with Gasteiger partial charge in [0.25, 0.3) is 0 Å². The summed E-state index contributed by atoms with van der Waals surface area (Å²) >= 11 is 0. The second kappa shape index (κ2) is 8.82. The van der Waals surface area contributed by atoms with Gasteiger partial charge in [0.15, 0.2) is 11.5 Å². The summed E-state index contributed by atoms with van der Waals surface area (Å²) in [4.78, 5) is 17.7. The number of methoxy groups -OCH3 is 2. The summed E-state index contributed by atoms with van der Waals surface area (Å²) in [7, 11) is 3.19. The highest BCUT2D eigenvalue weighted by atomic mass is 16.5. The van der Waals surface area contributed by atoms with Crippen molar-refractivity contribution in [3.8, 4) is 17.2 Å². The van der Waals surface area contributed by atoms with Gasteiger partial charge in [-0.3, -0.25) is 9.79 Å². The van der Waals surface area contributed by atoms with Gasteiger partial charge in [-0.05, 0) is 53.9 Å². The summed E-state index contributed by atoms with van der Waals surface area (Å²) in [5.41, 5.74) is 3.95. The molecule has 0 atom stereocenters. The van der Waals surface area contributed by atoms with Crippen LogP contribution < -0.4 is 14.2 Å². The number of rotatable bonds is 7. The standard InChI is InChI=1S/C25H23NO4/c1-28-22-14-19-12-13-26-24(21(19)15-23(22)29-2)25(27)18-8-10-20(11-9-18)30-16-17-6-4-3-5-7-17/h3-11,14-15H,12-13,16H2,1-2H3. The van der Waals surface area contributed by atoms with Crippen LogP contribution in [0, 0.1) is 0 Å². The first kappa shape index (κ1) is 19.7. The van der Waals surface area contributed by atoms with Gasteiger partial charge in [-0.2, -0.15) is 0 Å². The summed E-state index contributed by atoms with van der Waals surface area (Å²) in [6.45, 7) is 1.05. The molecule has 0 bridgehead atoms. The van der Waals surface area contributed by atoms with Crippen LogP contribution in [-0.2, 0) is 13.0 Å². The van der Waals surface area contributed by atoms with E-state index >= 15 is 0 Å². The van der Waals surface area contributed by atoms with Crippen LogP contribution in [0.5, 0.6) is 17.2 Å². The number of ketones is 1. The van der Waals surface area contributed by atoms with Crippen LogP contribution >= 0.6 is 0 Å². The average Bonchev–Trinajstić information content (AvgIpc) is 2.82. The quantitative estimate of drug-likeness (QED) is 0.547. The predicted octanol–water partition coefficient (Wildman–Crippen LogP) is 4.51. The second-order valence-corrected chi connectivity index (χ2v) is 6.97. The van der Waals surface area contributed by atoms with Crippen molar-refractivity contribution in [1.82, 2.24) is 0 Å². The van der Waals surface area contributed by atoms with Gasteiger partial charge in [-0.1, -0.05) is 30.3 Å². The summed E-state index contributed by atoms with van der Waals surface area (Å²) in [5, 5.41) is 0. The van der Waals surface area contributed by atoms with Crippen LogP contribution in [0.3, 0.4) is 0 Å². The van der Waals surface area contributed by atoms with Gasteiger partial charge in [0.1, 0.15) is 18.1 Å². The Labute approximate surface area is 175 Å². The number of aliphatic imine (C=N–C) groups is 1. The van der Waals surface area contributed by atoms with Crippen LogP contribution in [0.1, 0.15) is 27.0 Å². The maximum atomic E-state index is 13.2. The van der Waals surface area contributed by atoms with E-state index in [-0.39, 0.29) is 5.78 Å². The van der Waals surface area contributed by atoms with Crippen LogP contribution in [0.4, 0.5) is 0 Å². The van der Waals surface area contributed by atoms with Crippen molar-refractivity contribution in [3.63, 3.8) is 0 Å². The molecule has 5 heteroatoms. The van der Waals surface area contributed by atoms with Crippen molar-refractivity contribution in [3.05, 3.63) is 89.0 Å². The molecule has 3 aromatic rings. The highest BCUT2D eigenvalue weighted by molar-refractivity contribution is 6.52. The van der Waals surface area contributed by atoms with Crippen LogP contribution in [0.2, 0.25) is 0 Å². The minimum atomic E-state index is -0.113. The van der Waals surface area contributed by atoms with E-state index in [1.807, 2.05) is 54.6 Å². The number of carbonyl (C=O) groups excluding carboxylic acids is 1. The zero-order valence-electron chi connectivity index (χ0n) is 17.1. The number of ether oxygens (including phenoxy) is 3. The van der Waals surface area contributed by atoms with Gasteiger partial charge in [0.2, 0.25) is 5.78 Å². The fraction of sp³-hybridized carbons (Fsp3) is 0.200. The number of fused-ring (bicyclic) bond motifs is 1. The Hall–Kier alpha value is -3.60. The third-order valence-corrected chi connectivity index (χ3v) is 5.10. The van der Waals surface area contributed by atoms with E-state index in [4.69, 9.17) is 14.2 Å². The Bertz CT molecular complexity index is 1070. The smallest absolute Gasteiger partial charge is 0.211 e. The third-order valence-electron chi connectivity index (χ3n) is 5.10. The summed E-state index contributed by atoms with van der Waals surface area (Å²) in [5.74, 6) is 1.85. The first-order valence-corrected chi connectivity index (χ1v) is 9.81. The van der Waals surface area contributed by atoms with Gasteiger partial charge in [0.05, 0.1) is 14.2 Å². The molecule has 0 aliphatic carbocycles. The van der Waals surface area contributed by atoms with Crippen LogP contribution in [0.25, 0.3) is 0 Å². The number of Topliss-reactive ketones (excluding diaryl/α,β-unsaturated/α-hetero) is 1. The lowest BCUT2D eigenvalue weighted by atomic mass is 9.92. The highest BCUT2D eigenvalue weighted by Gasteiger charge is 2.24. The van der Waals surface area contributed by atoms with Gasteiger partial charge in [0, 0.05) is 17.7 Å². The number of benzene rings is 3. The molecule has 1 heterocycles. The van der Waals surface area contributed by atoms with Gasteiger partial charge >= 0.3 is 0 Å². The normalized spacial score (nSPS) is 12.5. The molecule has 30 heavy (non-hydrogen) atoms. The van der Waals surface area contributed by atoms with Crippen molar-refractivity contribution in [2.75, 3.05) is 20.8 Å². The van der Waals surface area contributed by atoms with Crippen molar-refractivity contribution in [2.24, 2.45) is 4.99 Å². The molecule has 0 saturated carbocycles. The van der Waals surface area contributed by atoms with E-state index in [1.54, 1.807) is 26.4 Å². The lowest BCUT2D eigenvalue weighted by Crippen LogP contribution is -2.22. The third kappa shape index (κ3) is 4.06. The van der Waals surface area contributed by atoms with Crippen LogP contribution in [-0.4, -0.2) is 32.3 Å². The molecule has 1 aliphatic rings. The fourth-order valence-electron chi connectivity index (χ4n) is 3.50. The maximum Gasteiger partial charge on any atom is 0.211 e. The molecule has 1 aliphatic heterocycles. The van der Waals surface area contributed by atoms with Crippen LogP contribution in [0.15, 0.2) is 71.7 Å². The number of hydrogen-bond donors (Lipinski definition) is 0. The Morgan fingerprint density at radius 3 is 2.33 bits per heavy atom. The van der Waals surface area contributed by atoms with Gasteiger partial charge in [-0.25, -0.2) is 0 Å². The highest BCUT2D eigenvalue weighted by Crippen LogP contribution is 2.33. The lowest BCUT2D eigenvalue weighted by Gasteiger charge is -2.19. The molecule has 0 amide bonds. The lowest BCUT2D eigenvalue weighted by molar-refractivity contribution is 0.106. The largest absolute Gasteiger partial charge is 0.493 e. The molecule has 152 valence electrons. The Kier molecular flexibility index (Phi) is 5.80. The number of hydrogen-bond acceptors (Lipinski definition) is 5. The van der Waals surface area contributed by atoms with Gasteiger partial charge in [-0.15, -0.1) is 0 Å². The minimum absolute atomic E-state index is 0.113. The van der Waals surface area contributed by atoms with Crippen molar-refractivity contribution in [1.29, 1.82) is 0 Å². The maximum absolute atomic E-state index is 13.2. The van der Waals surface area contributed by atoms with E-state index in [2.05, 4.69) is 4.99 Å². The molecule has 0 N–H and O–H groups in total. The zero-order chi connectivity index (χ0) is 20.9. The van der Waals surface area contributed by atoms with E-state index in [1.165, 1.54) is 0 Å². The monoisotopic (exact) mass is 401 g/mol. The molecular weight excluding hydrogens is 378 g/mol. The first-order valence-electron chi connectivity index (χ1n) is 9.81. The zero-order valence-corrected chi connectivity index (χ0v) is 17.1. The van der Waals surface area contributed by atoms with E-state index in [9.17, 15) is 4.79 Å².